The molecule has 0 spiro atoms. The highest BCUT2D eigenvalue weighted by atomic mass is 32.1. The lowest BCUT2D eigenvalue weighted by molar-refractivity contribution is 0.0522. The predicted octanol–water partition coefficient (Wildman–Crippen LogP) is 3.39. The van der Waals surface area contributed by atoms with Crippen LogP contribution in [-0.2, 0) is 4.84 Å². The summed E-state index contributed by atoms with van der Waals surface area (Å²) in [4.78, 5) is 17.9. The summed E-state index contributed by atoms with van der Waals surface area (Å²) in [6.45, 7) is 1.81. The quantitative estimate of drug-likeness (QED) is 0.476. The lowest BCUT2D eigenvalue weighted by atomic mass is 10.3. The van der Waals surface area contributed by atoms with Crippen molar-refractivity contribution < 1.29 is 9.63 Å². The summed E-state index contributed by atoms with van der Waals surface area (Å²) >= 11 is 2.90. The smallest absolute Gasteiger partial charge is 0.312 e. The molecule has 2 aromatic rings. The molecule has 0 saturated heterocycles. The summed E-state index contributed by atoms with van der Waals surface area (Å²) in [6, 6.07) is 7.38. The minimum absolute atomic E-state index is 0.411. The monoisotopic (exact) mass is 251 g/mol. The molecule has 3 nitrogen and oxygen atoms in total. The van der Waals surface area contributed by atoms with E-state index in [4.69, 9.17) is 4.84 Å². The zero-order valence-electron chi connectivity index (χ0n) is 8.54. The van der Waals surface area contributed by atoms with Gasteiger partial charge in [-0.2, -0.15) is 0 Å². The summed E-state index contributed by atoms with van der Waals surface area (Å²) < 4.78 is 0. The Morgan fingerprint density at radius 1 is 1.19 bits per heavy atom. The van der Waals surface area contributed by atoms with Crippen LogP contribution in [0.4, 0.5) is 0 Å². The molecule has 82 valence electrons. The van der Waals surface area contributed by atoms with E-state index in [9.17, 15) is 4.79 Å². The first kappa shape index (κ1) is 11.0. The third-order valence-corrected chi connectivity index (χ3v) is 3.69. The Morgan fingerprint density at radius 2 is 1.81 bits per heavy atom. The van der Waals surface area contributed by atoms with Crippen molar-refractivity contribution in [2.75, 3.05) is 0 Å². The number of hydrogen-bond donors (Lipinski definition) is 0. The average molecular weight is 251 g/mol. The fourth-order valence-corrected chi connectivity index (χ4v) is 2.34. The van der Waals surface area contributed by atoms with Crippen LogP contribution >= 0.6 is 22.7 Å². The van der Waals surface area contributed by atoms with Gasteiger partial charge in [-0.15, -0.1) is 22.7 Å². The Balaban J connectivity index is 2.02. The Labute approximate surface area is 101 Å². The Bertz CT molecular complexity index is 486. The van der Waals surface area contributed by atoms with Gasteiger partial charge in [-0.05, 0) is 29.8 Å². The summed E-state index contributed by atoms with van der Waals surface area (Å²) in [5.74, 6) is -0.411. The van der Waals surface area contributed by atoms with Crippen molar-refractivity contribution >= 4 is 34.4 Å². The molecule has 0 N–H and O–H groups in total. The van der Waals surface area contributed by atoms with Crippen molar-refractivity contribution in [3.8, 4) is 0 Å². The minimum Gasteiger partial charge on any atom is -0.312 e. The van der Waals surface area contributed by atoms with Gasteiger partial charge in [0.15, 0.2) is 0 Å². The van der Waals surface area contributed by atoms with Crippen LogP contribution in [0.3, 0.4) is 0 Å². The van der Waals surface area contributed by atoms with Crippen LogP contribution < -0.4 is 0 Å². The van der Waals surface area contributed by atoms with E-state index in [1.165, 1.54) is 11.3 Å². The third-order valence-electron chi connectivity index (χ3n) is 1.87. The highest BCUT2D eigenvalue weighted by molar-refractivity contribution is 7.12. The average Bonchev–Trinajstić information content (AvgIpc) is 2.95. The van der Waals surface area contributed by atoms with Gasteiger partial charge < -0.3 is 4.84 Å². The second-order valence-corrected chi connectivity index (χ2v) is 4.91. The summed E-state index contributed by atoms with van der Waals surface area (Å²) in [5.41, 5.74) is 0.708. The normalized spacial score (nSPS) is 11.4. The fourth-order valence-electron chi connectivity index (χ4n) is 1.08. The van der Waals surface area contributed by atoms with Gasteiger partial charge in [-0.1, -0.05) is 17.3 Å². The number of thiophene rings is 2. The van der Waals surface area contributed by atoms with Gasteiger partial charge in [0, 0.05) is 0 Å². The minimum atomic E-state index is -0.411. The molecule has 0 saturated carbocycles. The van der Waals surface area contributed by atoms with Crippen LogP contribution in [0.5, 0.6) is 0 Å². The van der Waals surface area contributed by atoms with Crippen molar-refractivity contribution in [2.24, 2.45) is 5.16 Å². The zero-order valence-corrected chi connectivity index (χ0v) is 10.2. The first-order chi connectivity index (χ1) is 7.77. The third kappa shape index (κ3) is 2.56. The second-order valence-electron chi connectivity index (χ2n) is 3.01. The first-order valence-corrected chi connectivity index (χ1v) is 6.36. The van der Waals surface area contributed by atoms with E-state index >= 15 is 0 Å². The maximum Gasteiger partial charge on any atom is 0.375 e. The van der Waals surface area contributed by atoms with Gasteiger partial charge in [0.25, 0.3) is 0 Å². The van der Waals surface area contributed by atoms with Crippen molar-refractivity contribution in [3.05, 3.63) is 44.8 Å². The Hall–Kier alpha value is -1.46. The maximum absolute atomic E-state index is 11.5. The number of carbonyl (C=O) groups is 1. The van der Waals surface area contributed by atoms with Crippen LogP contribution in [0.25, 0.3) is 0 Å². The maximum atomic E-state index is 11.5. The molecule has 0 atom stereocenters. The van der Waals surface area contributed by atoms with E-state index in [-0.39, 0.29) is 0 Å². The molecule has 0 amide bonds. The molecular formula is C11H9NO2S2. The van der Waals surface area contributed by atoms with E-state index in [1.807, 2.05) is 29.8 Å². The molecule has 0 unspecified atom stereocenters. The lowest BCUT2D eigenvalue weighted by Crippen LogP contribution is -2.00. The molecule has 0 aliphatic carbocycles. The number of carbonyl (C=O) groups excluding carboxylic acids is 1. The fraction of sp³-hybridized carbons (Fsp3) is 0.0909. The molecule has 0 radical (unpaired) electrons. The van der Waals surface area contributed by atoms with Gasteiger partial charge in [0.05, 0.1) is 10.6 Å². The highest BCUT2D eigenvalue weighted by Gasteiger charge is 2.08. The van der Waals surface area contributed by atoms with E-state index in [1.54, 1.807) is 23.5 Å². The number of rotatable bonds is 3. The largest absolute Gasteiger partial charge is 0.375 e. The number of hydrogen-bond acceptors (Lipinski definition) is 5. The van der Waals surface area contributed by atoms with Gasteiger partial charge in [-0.3, -0.25) is 0 Å². The van der Waals surface area contributed by atoms with Crippen molar-refractivity contribution in [2.45, 2.75) is 6.92 Å². The molecule has 0 aliphatic heterocycles. The summed E-state index contributed by atoms with van der Waals surface area (Å²) in [5, 5.41) is 7.59. The van der Waals surface area contributed by atoms with Gasteiger partial charge in [-0.25, -0.2) is 4.79 Å². The first-order valence-electron chi connectivity index (χ1n) is 4.60. The van der Waals surface area contributed by atoms with Gasteiger partial charge in [0.1, 0.15) is 4.88 Å². The highest BCUT2D eigenvalue weighted by Crippen LogP contribution is 2.12. The molecule has 0 fully saturated rings. The van der Waals surface area contributed by atoms with E-state index in [2.05, 4.69) is 5.16 Å². The topological polar surface area (TPSA) is 38.7 Å². The van der Waals surface area contributed by atoms with E-state index in [0.29, 0.717) is 10.6 Å². The van der Waals surface area contributed by atoms with Crippen molar-refractivity contribution in [1.29, 1.82) is 0 Å². The van der Waals surface area contributed by atoms with E-state index < -0.39 is 5.97 Å². The van der Waals surface area contributed by atoms with Crippen LogP contribution in [0, 0.1) is 0 Å². The number of oxime groups is 1. The Morgan fingerprint density at radius 3 is 2.38 bits per heavy atom. The molecule has 0 bridgehead atoms. The molecular weight excluding hydrogens is 242 g/mol. The Kier molecular flexibility index (Phi) is 3.48. The molecule has 5 heteroatoms. The molecule has 2 rings (SSSR count). The molecule has 2 aromatic heterocycles. The van der Waals surface area contributed by atoms with Gasteiger partial charge in [0.2, 0.25) is 0 Å². The lowest BCUT2D eigenvalue weighted by Gasteiger charge is -1.96. The SMILES string of the molecule is C/C(=N/OC(=O)c1cccs1)c1cccs1. The number of nitrogens with zero attached hydrogens (tertiary/aromatic N) is 1. The predicted molar refractivity (Wildman–Crippen MR) is 66.3 cm³/mol. The van der Waals surface area contributed by atoms with Crippen molar-refractivity contribution in [1.82, 2.24) is 0 Å². The van der Waals surface area contributed by atoms with Crippen LogP contribution in [-0.4, -0.2) is 11.7 Å². The summed E-state index contributed by atoms with van der Waals surface area (Å²) in [6.07, 6.45) is 0. The molecule has 16 heavy (non-hydrogen) atoms. The van der Waals surface area contributed by atoms with Crippen LogP contribution in [0.1, 0.15) is 21.5 Å². The zero-order chi connectivity index (χ0) is 11.4. The van der Waals surface area contributed by atoms with Crippen LogP contribution in [0.2, 0.25) is 0 Å². The second kappa shape index (κ2) is 5.05. The van der Waals surface area contributed by atoms with Crippen molar-refractivity contribution in [3.63, 3.8) is 0 Å². The molecule has 2 heterocycles. The molecule has 0 aromatic carbocycles. The van der Waals surface area contributed by atoms with Gasteiger partial charge >= 0.3 is 5.97 Å². The van der Waals surface area contributed by atoms with E-state index in [0.717, 1.165) is 4.88 Å². The summed E-state index contributed by atoms with van der Waals surface area (Å²) in [7, 11) is 0. The molecule has 0 aliphatic rings. The standard InChI is InChI=1S/C11H9NO2S2/c1-8(9-4-2-6-15-9)12-14-11(13)10-5-3-7-16-10/h2-7H,1H3/b12-8-. The van der Waals surface area contributed by atoms with Crippen LogP contribution in [0.15, 0.2) is 40.2 Å².